The molecule has 4 rings (SSSR count). The van der Waals surface area contributed by atoms with Crippen molar-refractivity contribution < 1.29 is 4.79 Å². The molecule has 2 N–H and O–H groups in total. The van der Waals surface area contributed by atoms with Crippen LogP contribution in [0.2, 0.25) is 0 Å². The minimum Gasteiger partial charge on any atom is -0.327 e. The highest BCUT2D eigenvalue weighted by Crippen LogP contribution is 2.23. The number of benzene rings is 1. The predicted octanol–water partition coefficient (Wildman–Crippen LogP) is 3.30. The summed E-state index contributed by atoms with van der Waals surface area (Å²) >= 11 is 1.29. The molecule has 0 bridgehead atoms. The van der Waals surface area contributed by atoms with E-state index in [4.69, 9.17) is 0 Å². The van der Waals surface area contributed by atoms with Gasteiger partial charge in [-0.2, -0.15) is 0 Å². The Labute approximate surface area is 146 Å². The van der Waals surface area contributed by atoms with Crippen molar-refractivity contribution in [2.75, 3.05) is 5.32 Å². The Bertz CT molecular complexity index is 1090. The first-order valence-corrected chi connectivity index (χ1v) is 8.32. The summed E-state index contributed by atoms with van der Waals surface area (Å²) < 4.78 is 0.923. The van der Waals surface area contributed by atoms with Crippen molar-refractivity contribution in [3.63, 3.8) is 0 Å². The molecule has 0 aliphatic rings. The van der Waals surface area contributed by atoms with E-state index in [-0.39, 0.29) is 11.2 Å². The first-order chi connectivity index (χ1) is 12.2. The molecule has 0 spiro atoms. The summed E-state index contributed by atoms with van der Waals surface area (Å²) in [6.07, 6.45) is 4.94. The summed E-state index contributed by atoms with van der Waals surface area (Å²) in [5.41, 5.74) is 2.24. The lowest BCUT2D eigenvalue weighted by Crippen LogP contribution is -2.19. The van der Waals surface area contributed by atoms with Gasteiger partial charge in [0.15, 0.2) is 5.01 Å². The number of amides is 1. The molecule has 122 valence electrons. The zero-order chi connectivity index (χ0) is 17.2. The van der Waals surface area contributed by atoms with Gasteiger partial charge in [-0.3, -0.25) is 14.6 Å². The number of pyridine rings is 2. The number of carbonyl (C=O) groups is 1. The van der Waals surface area contributed by atoms with E-state index in [1.165, 1.54) is 11.3 Å². The van der Waals surface area contributed by atoms with E-state index in [1.807, 2.05) is 36.4 Å². The third kappa shape index (κ3) is 3.05. The minimum atomic E-state index is -0.404. The smallest absolute Gasteiger partial charge is 0.284 e. The molecule has 0 atom stereocenters. The first-order valence-electron chi connectivity index (χ1n) is 7.51. The molecule has 4 aromatic rings. The highest BCUT2D eigenvalue weighted by molar-refractivity contribution is 7.20. The summed E-state index contributed by atoms with van der Waals surface area (Å²) in [7, 11) is 0. The Hall–Kier alpha value is -3.32. The summed E-state index contributed by atoms with van der Waals surface area (Å²) in [6.45, 7) is 0. The number of aromatic amines is 1. The lowest BCUT2D eigenvalue weighted by Gasteiger charge is -2.05. The molecular weight excluding hydrogens is 336 g/mol. The molecule has 3 heterocycles. The van der Waals surface area contributed by atoms with Crippen molar-refractivity contribution in [1.29, 1.82) is 0 Å². The average Bonchev–Trinajstić information content (AvgIpc) is 3.08. The van der Waals surface area contributed by atoms with Gasteiger partial charge in [-0.1, -0.05) is 12.1 Å². The predicted molar refractivity (Wildman–Crippen MR) is 97.9 cm³/mol. The summed E-state index contributed by atoms with van der Waals surface area (Å²) in [5, 5.41) is 2.96. The van der Waals surface area contributed by atoms with Crippen molar-refractivity contribution in [1.82, 2.24) is 15.0 Å². The van der Waals surface area contributed by atoms with Crippen molar-refractivity contribution in [2.24, 2.45) is 0 Å². The molecule has 0 saturated carbocycles. The highest BCUT2D eigenvalue weighted by Gasteiger charge is 2.14. The minimum absolute atomic E-state index is 0.179. The Balaban J connectivity index is 1.65. The summed E-state index contributed by atoms with van der Waals surface area (Å²) in [6, 6.07) is 12.8. The maximum atomic E-state index is 12.5. The number of carbonyl (C=O) groups excluding carboxylic acids is 1. The third-order valence-electron chi connectivity index (χ3n) is 3.65. The first kappa shape index (κ1) is 15.2. The van der Waals surface area contributed by atoms with Gasteiger partial charge in [0.2, 0.25) is 0 Å². The van der Waals surface area contributed by atoms with Crippen molar-refractivity contribution in [3.05, 3.63) is 76.4 Å². The zero-order valence-corrected chi connectivity index (χ0v) is 13.7. The molecule has 0 radical (unpaired) electrons. The third-order valence-corrected chi connectivity index (χ3v) is 4.69. The Kier molecular flexibility index (Phi) is 3.83. The fourth-order valence-electron chi connectivity index (χ4n) is 2.43. The topological polar surface area (TPSA) is 87.7 Å². The quantitative estimate of drug-likeness (QED) is 0.595. The van der Waals surface area contributed by atoms with Crippen molar-refractivity contribution in [2.45, 2.75) is 0 Å². The average molecular weight is 348 g/mol. The summed E-state index contributed by atoms with van der Waals surface area (Å²) in [4.78, 5) is 35.4. The second kappa shape index (κ2) is 6.29. The van der Waals surface area contributed by atoms with Crippen LogP contribution in [0.5, 0.6) is 0 Å². The number of para-hydroxylation sites is 1. The lowest BCUT2D eigenvalue weighted by molar-refractivity contribution is 0.102. The SMILES string of the molecule is O=C(Nc1cc(-c2ccncc2)c[nH]c1=O)c1nc2ccccc2s1. The normalized spacial score (nSPS) is 10.7. The van der Waals surface area contributed by atoms with E-state index in [0.717, 1.165) is 21.3 Å². The number of fused-ring (bicyclic) bond motifs is 1. The van der Waals surface area contributed by atoms with Crippen LogP contribution in [0.3, 0.4) is 0 Å². The van der Waals surface area contributed by atoms with E-state index in [0.29, 0.717) is 5.01 Å². The van der Waals surface area contributed by atoms with Crippen LogP contribution in [-0.2, 0) is 0 Å². The fraction of sp³-hybridized carbons (Fsp3) is 0. The number of thiazole rings is 1. The maximum absolute atomic E-state index is 12.5. The fourth-order valence-corrected chi connectivity index (χ4v) is 3.29. The molecular formula is C18H12N4O2S. The molecule has 1 amide bonds. The van der Waals surface area contributed by atoms with Crippen LogP contribution < -0.4 is 10.9 Å². The number of nitrogens with one attached hydrogen (secondary N) is 2. The number of anilines is 1. The van der Waals surface area contributed by atoms with Gasteiger partial charge in [-0.15, -0.1) is 11.3 Å². The molecule has 25 heavy (non-hydrogen) atoms. The van der Waals surface area contributed by atoms with E-state index in [9.17, 15) is 9.59 Å². The van der Waals surface area contributed by atoms with Gasteiger partial charge in [-0.05, 0) is 35.9 Å². The Morgan fingerprint density at radius 2 is 1.88 bits per heavy atom. The van der Waals surface area contributed by atoms with E-state index in [2.05, 4.69) is 20.3 Å². The molecule has 3 aromatic heterocycles. The van der Waals surface area contributed by atoms with Crippen LogP contribution in [0.1, 0.15) is 9.80 Å². The van der Waals surface area contributed by atoms with Crippen LogP contribution in [0.15, 0.2) is 65.8 Å². The molecule has 0 unspecified atom stereocenters. The monoisotopic (exact) mass is 348 g/mol. The largest absolute Gasteiger partial charge is 0.327 e. The molecule has 0 saturated heterocycles. The van der Waals surface area contributed by atoms with Crippen molar-refractivity contribution in [3.8, 4) is 11.1 Å². The summed E-state index contributed by atoms with van der Waals surface area (Å²) in [5.74, 6) is -0.404. The maximum Gasteiger partial charge on any atom is 0.284 e. The van der Waals surface area contributed by atoms with Crippen LogP contribution in [0.4, 0.5) is 5.69 Å². The van der Waals surface area contributed by atoms with Gasteiger partial charge in [0.25, 0.3) is 11.5 Å². The lowest BCUT2D eigenvalue weighted by atomic mass is 10.1. The molecule has 1 aromatic carbocycles. The number of hydrogen-bond acceptors (Lipinski definition) is 5. The van der Waals surface area contributed by atoms with Gasteiger partial charge in [0.05, 0.1) is 10.2 Å². The number of H-pyrrole nitrogens is 1. The zero-order valence-electron chi connectivity index (χ0n) is 12.9. The van der Waals surface area contributed by atoms with E-state index < -0.39 is 5.91 Å². The van der Waals surface area contributed by atoms with Crippen LogP contribution >= 0.6 is 11.3 Å². The number of aromatic nitrogens is 3. The highest BCUT2D eigenvalue weighted by atomic mass is 32.1. The van der Waals surface area contributed by atoms with Gasteiger partial charge in [0.1, 0.15) is 5.69 Å². The van der Waals surface area contributed by atoms with Gasteiger partial charge < -0.3 is 10.3 Å². The Morgan fingerprint density at radius 1 is 1.08 bits per heavy atom. The van der Waals surface area contributed by atoms with Gasteiger partial charge >= 0.3 is 0 Å². The Morgan fingerprint density at radius 3 is 2.68 bits per heavy atom. The van der Waals surface area contributed by atoms with Gasteiger partial charge in [-0.25, -0.2) is 4.98 Å². The van der Waals surface area contributed by atoms with Gasteiger partial charge in [0, 0.05) is 24.2 Å². The molecule has 7 heteroatoms. The second-order valence-electron chi connectivity index (χ2n) is 5.31. The number of hydrogen-bond donors (Lipinski definition) is 2. The van der Waals surface area contributed by atoms with Crippen LogP contribution in [0.25, 0.3) is 21.3 Å². The number of nitrogens with zero attached hydrogens (tertiary/aromatic N) is 2. The molecule has 0 aliphatic carbocycles. The number of rotatable bonds is 3. The second-order valence-corrected chi connectivity index (χ2v) is 6.34. The van der Waals surface area contributed by atoms with Crippen LogP contribution in [0, 0.1) is 0 Å². The molecule has 6 nitrogen and oxygen atoms in total. The van der Waals surface area contributed by atoms with Crippen molar-refractivity contribution >= 4 is 33.1 Å². The van der Waals surface area contributed by atoms with E-state index in [1.54, 1.807) is 24.7 Å². The molecule has 0 fully saturated rings. The van der Waals surface area contributed by atoms with Crippen LogP contribution in [-0.4, -0.2) is 20.9 Å². The van der Waals surface area contributed by atoms with E-state index >= 15 is 0 Å². The standard InChI is InChI=1S/C18H12N4O2S/c23-16-14(9-12(10-20-16)11-5-7-19-8-6-11)21-17(24)18-22-13-3-1-2-4-15(13)25-18/h1-10H,(H,20,23)(H,21,24). The molecule has 0 aliphatic heterocycles.